The van der Waals surface area contributed by atoms with Crippen LogP contribution in [-0.4, -0.2) is 49.6 Å². The van der Waals surface area contributed by atoms with Crippen LogP contribution >= 0.6 is 12.4 Å². The monoisotopic (exact) mass is 367 g/mol. The Morgan fingerprint density at radius 1 is 0.708 bits per heavy atom. The summed E-state index contributed by atoms with van der Waals surface area (Å²) in [4.78, 5) is 22.8. The molecule has 0 aromatic heterocycles. The summed E-state index contributed by atoms with van der Waals surface area (Å²) >= 11 is 0. The van der Waals surface area contributed by atoms with Gasteiger partial charge in [-0.15, -0.1) is 12.4 Å². The number of rotatable bonds is 8. The van der Waals surface area contributed by atoms with Crippen molar-refractivity contribution in [2.45, 2.75) is 65.6 Å². The highest BCUT2D eigenvalue weighted by atomic mass is 35.5. The average Bonchev–Trinajstić information content (AvgIpc) is 2.32. The molecule has 0 aliphatic rings. The highest BCUT2D eigenvalue weighted by Gasteiger charge is 2.16. The highest BCUT2D eigenvalue weighted by Crippen LogP contribution is 2.06. The maximum atomic E-state index is 11.4. The zero-order valence-corrected chi connectivity index (χ0v) is 16.6. The number of nitrogens with one attached hydrogen (secondary N) is 3. The topological polar surface area (TPSA) is 88.7 Å². The molecule has 0 radical (unpaired) electrons. The Kier molecular flexibility index (Phi) is 12.7. The molecule has 0 rings (SSSR count). The van der Waals surface area contributed by atoms with E-state index in [0.717, 1.165) is 25.9 Å². The molecule has 144 valence electrons. The van der Waals surface area contributed by atoms with Gasteiger partial charge in [0.05, 0.1) is 0 Å². The quantitative estimate of drug-likeness (QED) is 0.574. The Hall–Kier alpha value is -1.21. The standard InChI is InChI=1S/C16H33N3O4.ClH/c1-15(2,3)22-13(20)18-11-7-9-17-10-8-12-19-14(21)23-16(4,5)6;/h17H,7-12H2,1-6H3,(H,18,20)(H,19,21);1H. The molecule has 7 nitrogen and oxygen atoms in total. The first-order chi connectivity index (χ1) is 10.5. The molecule has 0 heterocycles. The number of hydrogen-bond donors (Lipinski definition) is 3. The molecular formula is C16H34ClN3O4. The first-order valence-electron chi connectivity index (χ1n) is 8.14. The third kappa shape index (κ3) is 18.8. The maximum absolute atomic E-state index is 11.4. The zero-order chi connectivity index (χ0) is 17.9. The Morgan fingerprint density at radius 2 is 1.04 bits per heavy atom. The summed E-state index contributed by atoms with van der Waals surface area (Å²) in [6.07, 6.45) is 0.857. The molecule has 0 unspecified atom stereocenters. The third-order valence-corrected chi connectivity index (χ3v) is 2.40. The van der Waals surface area contributed by atoms with E-state index >= 15 is 0 Å². The predicted molar refractivity (Wildman–Crippen MR) is 97.8 cm³/mol. The van der Waals surface area contributed by atoms with Crippen molar-refractivity contribution in [1.82, 2.24) is 16.0 Å². The van der Waals surface area contributed by atoms with Crippen molar-refractivity contribution in [1.29, 1.82) is 0 Å². The minimum Gasteiger partial charge on any atom is -0.444 e. The SMILES string of the molecule is CC(C)(C)OC(=O)NCCCNCCCNC(=O)OC(C)(C)C.Cl. The van der Waals surface area contributed by atoms with Gasteiger partial charge in [-0.2, -0.15) is 0 Å². The Labute approximate surface area is 152 Å². The van der Waals surface area contributed by atoms with Crippen LogP contribution in [-0.2, 0) is 9.47 Å². The van der Waals surface area contributed by atoms with Crippen LogP contribution < -0.4 is 16.0 Å². The van der Waals surface area contributed by atoms with Gasteiger partial charge in [0.15, 0.2) is 0 Å². The lowest BCUT2D eigenvalue weighted by atomic mass is 10.2. The first-order valence-corrected chi connectivity index (χ1v) is 8.14. The Morgan fingerprint density at radius 3 is 1.33 bits per heavy atom. The van der Waals surface area contributed by atoms with Crippen LogP contribution in [0, 0.1) is 0 Å². The molecule has 0 aromatic rings. The molecule has 0 saturated carbocycles. The number of amides is 2. The van der Waals surface area contributed by atoms with Crippen LogP contribution in [0.25, 0.3) is 0 Å². The van der Waals surface area contributed by atoms with E-state index in [9.17, 15) is 9.59 Å². The third-order valence-electron chi connectivity index (χ3n) is 2.40. The Bertz CT molecular complexity index is 331. The molecule has 24 heavy (non-hydrogen) atoms. The van der Waals surface area contributed by atoms with Gasteiger partial charge in [-0.25, -0.2) is 9.59 Å². The average molecular weight is 368 g/mol. The van der Waals surface area contributed by atoms with Crippen LogP contribution in [0.15, 0.2) is 0 Å². The summed E-state index contributed by atoms with van der Waals surface area (Å²) in [7, 11) is 0. The van der Waals surface area contributed by atoms with E-state index in [0.29, 0.717) is 13.1 Å². The summed E-state index contributed by atoms with van der Waals surface area (Å²) in [5, 5.41) is 8.65. The van der Waals surface area contributed by atoms with Gasteiger partial charge in [-0.3, -0.25) is 0 Å². The van der Waals surface area contributed by atoms with Crippen molar-refractivity contribution in [2.24, 2.45) is 0 Å². The normalized spacial score (nSPS) is 11.2. The lowest BCUT2D eigenvalue weighted by molar-refractivity contribution is 0.0516. The van der Waals surface area contributed by atoms with Crippen LogP contribution in [0.3, 0.4) is 0 Å². The fourth-order valence-corrected chi connectivity index (χ4v) is 1.56. The summed E-state index contributed by atoms with van der Waals surface area (Å²) in [5.74, 6) is 0. The van der Waals surface area contributed by atoms with E-state index < -0.39 is 11.2 Å². The van der Waals surface area contributed by atoms with Crippen molar-refractivity contribution in [3.63, 3.8) is 0 Å². The number of carbonyl (C=O) groups is 2. The van der Waals surface area contributed by atoms with E-state index in [1.807, 2.05) is 41.5 Å². The molecule has 0 atom stereocenters. The van der Waals surface area contributed by atoms with Crippen molar-refractivity contribution in [2.75, 3.05) is 26.2 Å². The second kappa shape index (κ2) is 12.2. The van der Waals surface area contributed by atoms with Crippen molar-refractivity contribution in [3.8, 4) is 0 Å². The van der Waals surface area contributed by atoms with Crippen LogP contribution in [0.4, 0.5) is 9.59 Å². The first kappa shape index (κ1) is 25.0. The summed E-state index contributed by atoms with van der Waals surface area (Å²) in [6.45, 7) is 13.7. The molecule has 0 aromatic carbocycles. The van der Waals surface area contributed by atoms with Gasteiger partial charge in [0, 0.05) is 13.1 Å². The molecule has 3 N–H and O–H groups in total. The number of carbonyl (C=O) groups excluding carboxylic acids is 2. The van der Waals surface area contributed by atoms with Crippen LogP contribution in [0.5, 0.6) is 0 Å². The lowest BCUT2D eigenvalue weighted by Gasteiger charge is -2.19. The number of alkyl carbamates (subject to hydrolysis) is 2. The number of ether oxygens (including phenoxy) is 2. The van der Waals surface area contributed by atoms with E-state index in [1.54, 1.807) is 0 Å². The fraction of sp³-hybridized carbons (Fsp3) is 0.875. The van der Waals surface area contributed by atoms with Gasteiger partial charge >= 0.3 is 12.2 Å². The summed E-state index contributed by atoms with van der Waals surface area (Å²) in [5.41, 5.74) is -0.938. The van der Waals surface area contributed by atoms with Gasteiger partial charge in [0.25, 0.3) is 0 Å². The van der Waals surface area contributed by atoms with Crippen molar-refractivity contribution < 1.29 is 19.1 Å². The van der Waals surface area contributed by atoms with Crippen molar-refractivity contribution in [3.05, 3.63) is 0 Å². The molecule has 0 spiro atoms. The fourth-order valence-electron chi connectivity index (χ4n) is 1.56. The second-order valence-corrected chi connectivity index (χ2v) is 7.31. The molecule has 0 fully saturated rings. The van der Waals surface area contributed by atoms with Gasteiger partial charge in [-0.1, -0.05) is 0 Å². The minimum atomic E-state index is -0.469. The van der Waals surface area contributed by atoms with E-state index in [2.05, 4.69) is 16.0 Å². The highest BCUT2D eigenvalue weighted by molar-refractivity contribution is 5.85. The van der Waals surface area contributed by atoms with E-state index in [-0.39, 0.29) is 24.6 Å². The lowest BCUT2D eigenvalue weighted by Crippen LogP contribution is -2.35. The molecule has 8 heteroatoms. The number of halogens is 1. The second-order valence-electron chi connectivity index (χ2n) is 7.31. The largest absolute Gasteiger partial charge is 0.444 e. The van der Waals surface area contributed by atoms with E-state index in [1.165, 1.54) is 0 Å². The molecule has 0 saturated heterocycles. The maximum Gasteiger partial charge on any atom is 0.407 e. The Balaban J connectivity index is 0. The van der Waals surface area contributed by atoms with Crippen LogP contribution in [0.2, 0.25) is 0 Å². The zero-order valence-electron chi connectivity index (χ0n) is 15.8. The van der Waals surface area contributed by atoms with Gasteiger partial charge in [0.2, 0.25) is 0 Å². The van der Waals surface area contributed by atoms with Crippen LogP contribution in [0.1, 0.15) is 54.4 Å². The molecule has 0 aliphatic heterocycles. The van der Waals surface area contributed by atoms with E-state index in [4.69, 9.17) is 9.47 Å². The molecular weight excluding hydrogens is 334 g/mol. The number of hydrogen-bond acceptors (Lipinski definition) is 5. The molecule has 2 amide bonds. The van der Waals surface area contributed by atoms with Gasteiger partial charge in [0.1, 0.15) is 11.2 Å². The van der Waals surface area contributed by atoms with Crippen molar-refractivity contribution >= 4 is 24.6 Å². The predicted octanol–water partition coefficient (Wildman–Crippen LogP) is 2.83. The molecule has 0 bridgehead atoms. The van der Waals surface area contributed by atoms with Gasteiger partial charge in [-0.05, 0) is 67.5 Å². The smallest absolute Gasteiger partial charge is 0.407 e. The summed E-state index contributed by atoms with van der Waals surface area (Å²) < 4.78 is 10.3. The summed E-state index contributed by atoms with van der Waals surface area (Å²) in [6, 6.07) is 0. The van der Waals surface area contributed by atoms with Gasteiger partial charge < -0.3 is 25.4 Å². The minimum absolute atomic E-state index is 0. The molecule has 0 aliphatic carbocycles.